The van der Waals surface area contributed by atoms with E-state index in [-0.39, 0.29) is 18.1 Å². The smallest absolute Gasteiger partial charge is 0.394 e. The number of nitrogens with zero attached hydrogens (tertiary/aromatic N) is 5. The lowest BCUT2D eigenvalue weighted by Gasteiger charge is -2.47. The van der Waals surface area contributed by atoms with Gasteiger partial charge >= 0.3 is 36.3 Å². The SMILES string of the molecule is Nc1ncnc2c1ncn2[C@@H]1O[C@H](CO)[C@@H](O)[C@H]1O.O=c1ccn([C@]2(P(=O)(O)O)O[C@H](CO)[C@](O)(P(=O)(O)O)[C@]2(OP(=O)(O)O)P(=O)(O)O)c(=O)[nH]1. The zero-order valence-corrected chi connectivity index (χ0v) is 28.8. The van der Waals surface area contributed by atoms with Crippen LogP contribution >= 0.6 is 30.6 Å². The van der Waals surface area contributed by atoms with E-state index in [2.05, 4.69) is 24.2 Å². The summed E-state index contributed by atoms with van der Waals surface area (Å²) < 4.78 is 63.9. The molecule has 0 amide bonds. The first-order valence-corrected chi connectivity index (χ1v) is 19.9. The number of phosphoric ester groups is 1. The molecule has 33 heteroatoms. The van der Waals surface area contributed by atoms with Gasteiger partial charge in [-0.2, -0.15) is 0 Å². The van der Waals surface area contributed by atoms with Crippen LogP contribution in [0.25, 0.3) is 11.2 Å². The van der Waals surface area contributed by atoms with Crippen LogP contribution in [0, 0.1) is 0 Å². The van der Waals surface area contributed by atoms with Gasteiger partial charge in [-0.1, -0.05) is 0 Å². The molecule has 2 aliphatic rings. The molecule has 0 spiro atoms. The second kappa shape index (κ2) is 13.9. The quantitative estimate of drug-likeness (QED) is 0.0892. The number of imidazole rings is 1. The molecule has 5 rings (SSSR count). The Labute approximate surface area is 285 Å². The van der Waals surface area contributed by atoms with E-state index in [1.54, 1.807) is 0 Å². The van der Waals surface area contributed by atoms with Gasteiger partial charge in [-0.15, -0.1) is 0 Å². The van der Waals surface area contributed by atoms with Crippen molar-refractivity contribution < 1.29 is 96.9 Å². The van der Waals surface area contributed by atoms with Gasteiger partial charge in [-0.25, -0.2) is 24.3 Å². The molecule has 0 radical (unpaired) electrons. The predicted molar refractivity (Wildman–Crippen MR) is 161 cm³/mol. The summed E-state index contributed by atoms with van der Waals surface area (Å²) in [5.74, 6) is 0.218. The number of anilines is 1. The highest BCUT2D eigenvalue weighted by molar-refractivity contribution is 7.61. The zero-order chi connectivity index (χ0) is 39.6. The highest BCUT2D eigenvalue weighted by Crippen LogP contribution is 2.84. The number of aliphatic hydroxyl groups excluding tert-OH is 4. The van der Waals surface area contributed by atoms with Crippen molar-refractivity contribution in [3.63, 3.8) is 0 Å². The van der Waals surface area contributed by atoms with Crippen LogP contribution in [0.1, 0.15) is 6.23 Å². The fraction of sp³-hybridized carbons (Fsp3) is 0.526. The van der Waals surface area contributed by atoms with Crippen molar-refractivity contribution in [3.05, 3.63) is 45.8 Å². The molecule has 52 heavy (non-hydrogen) atoms. The Kier molecular flexibility index (Phi) is 11.2. The number of aliphatic hydroxyl groups is 5. The van der Waals surface area contributed by atoms with Crippen molar-refractivity contribution in [2.24, 2.45) is 0 Å². The third kappa shape index (κ3) is 6.46. The van der Waals surface area contributed by atoms with Crippen LogP contribution in [0.4, 0.5) is 5.82 Å². The van der Waals surface area contributed by atoms with E-state index in [0.717, 1.165) is 0 Å². The molecule has 3 aromatic rings. The van der Waals surface area contributed by atoms with E-state index < -0.39 is 106 Å². The normalized spacial score (nSPS) is 31.4. The van der Waals surface area contributed by atoms with Gasteiger partial charge in [-0.05, 0) is 0 Å². The molecule has 29 nitrogen and oxygen atoms in total. The van der Waals surface area contributed by atoms with E-state index in [0.29, 0.717) is 11.2 Å². The van der Waals surface area contributed by atoms with Gasteiger partial charge < -0.3 is 79.9 Å². The molecule has 292 valence electrons. The number of hydrogen-bond donors (Lipinski definition) is 15. The minimum Gasteiger partial charge on any atom is -0.394 e. The number of aromatic nitrogens is 6. The van der Waals surface area contributed by atoms with E-state index in [1.807, 2.05) is 0 Å². The molecule has 2 fully saturated rings. The molecular formula is C19H29N7O22P4. The van der Waals surface area contributed by atoms with Crippen LogP contribution in [0.15, 0.2) is 34.5 Å². The Hall–Kier alpha value is -2.69. The standard InChI is InChI=1S/C10H13N5O4.C9H16N2O18P4/c11-8-5-9(13-2-12-8)15(3-14-5)10-7(18)6(17)4(1-16)19-10;12-3-4-7(15,30(16,17)18)8(31(19,20)21,29-33(25,26)27)9(28-4,32(22,23)24)11-2-1-5(13)10-6(11)14/h2-4,6-7,10,16-18H,1H2,(H2,11,12,13);1-2,4,12,15H,3H2,(H,10,13,14)(H2,16,17,18)(H2,19,20,21)(H2,22,23,24)(H2,25,26,27)/t4-,6-,7-,10-;4-,7+,8+,9+/m11/s1. The second-order valence-electron chi connectivity index (χ2n) is 10.8. The molecule has 2 aliphatic heterocycles. The number of nitrogens with two attached hydrogens (primary N) is 1. The maximum absolute atomic E-state index is 12.6. The van der Waals surface area contributed by atoms with Crippen molar-refractivity contribution in [3.8, 4) is 0 Å². The molecule has 16 N–H and O–H groups in total. The van der Waals surface area contributed by atoms with E-state index in [4.69, 9.17) is 15.6 Å². The van der Waals surface area contributed by atoms with Gasteiger partial charge in [0.05, 0.1) is 19.5 Å². The van der Waals surface area contributed by atoms with Crippen LogP contribution in [-0.4, -0.2) is 142 Å². The zero-order valence-electron chi connectivity index (χ0n) is 25.2. The molecule has 0 aliphatic carbocycles. The molecule has 8 atom stereocenters. The number of fused-ring (bicyclic) bond motifs is 1. The summed E-state index contributed by atoms with van der Waals surface area (Å²) >= 11 is 0. The van der Waals surface area contributed by atoms with E-state index in [1.165, 1.54) is 22.2 Å². The number of ether oxygens (including phenoxy) is 2. The Balaban J connectivity index is 0.000000267. The maximum atomic E-state index is 12.6. The Morgan fingerprint density at radius 2 is 1.52 bits per heavy atom. The first-order chi connectivity index (χ1) is 23.7. The summed E-state index contributed by atoms with van der Waals surface area (Å²) in [6.45, 7) is -2.31. The summed E-state index contributed by atoms with van der Waals surface area (Å²) in [5, 5.41) is 39.1. The van der Waals surface area contributed by atoms with Crippen LogP contribution in [0.2, 0.25) is 0 Å². The molecular weight excluding hydrogens is 802 g/mol. The fourth-order valence-corrected chi connectivity index (χ4v) is 12.2. The predicted octanol–water partition coefficient (Wildman–Crippen LogP) is -6.41. The second-order valence-corrected chi connectivity index (χ2v) is 17.1. The lowest BCUT2D eigenvalue weighted by molar-refractivity contribution is -0.122. The minimum absolute atomic E-state index is 0.0492. The molecule has 5 heterocycles. The van der Waals surface area contributed by atoms with Gasteiger partial charge in [0, 0.05) is 12.3 Å². The number of nitrogen functional groups attached to an aromatic ring is 1. The summed E-state index contributed by atoms with van der Waals surface area (Å²) in [6, 6.07) is 0.271. The minimum atomic E-state index is -7.06. The van der Waals surface area contributed by atoms with Crippen LogP contribution in [0.5, 0.6) is 0 Å². The van der Waals surface area contributed by atoms with Crippen molar-refractivity contribution in [2.45, 2.75) is 46.8 Å². The summed E-state index contributed by atoms with van der Waals surface area (Å²) in [4.78, 5) is 115. The van der Waals surface area contributed by atoms with Gasteiger partial charge in [-0.3, -0.25) is 37.1 Å². The molecule has 2 saturated heterocycles. The van der Waals surface area contributed by atoms with Crippen molar-refractivity contribution in [2.75, 3.05) is 18.9 Å². The molecule has 0 bridgehead atoms. The van der Waals surface area contributed by atoms with E-state index >= 15 is 0 Å². The number of rotatable bonds is 9. The molecule has 0 unspecified atom stereocenters. The molecule has 3 aromatic heterocycles. The monoisotopic (exact) mass is 831 g/mol. The van der Waals surface area contributed by atoms with Gasteiger partial charge in [0.25, 0.3) is 16.4 Å². The lowest BCUT2D eigenvalue weighted by Crippen LogP contribution is -2.66. The number of aromatic amines is 1. The van der Waals surface area contributed by atoms with E-state index in [9.17, 15) is 87.4 Å². The van der Waals surface area contributed by atoms with Gasteiger partial charge in [0.2, 0.25) is 5.34 Å². The van der Waals surface area contributed by atoms with Crippen molar-refractivity contribution in [1.82, 2.24) is 29.1 Å². The van der Waals surface area contributed by atoms with Crippen molar-refractivity contribution in [1.29, 1.82) is 0 Å². The van der Waals surface area contributed by atoms with Gasteiger partial charge in [0.1, 0.15) is 36.3 Å². The largest absolute Gasteiger partial charge is 0.471 e. The number of hydrogen-bond acceptors (Lipinski definition) is 18. The Morgan fingerprint density at radius 3 is 1.98 bits per heavy atom. The molecule has 0 aromatic carbocycles. The maximum Gasteiger partial charge on any atom is 0.471 e. The number of H-pyrrole nitrogens is 1. The number of nitrogens with one attached hydrogen (secondary N) is 1. The Bertz CT molecular complexity index is 2140. The third-order valence-corrected chi connectivity index (χ3v) is 13.2. The number of phosphoric acid groups is 1. The highest BCUT2D eigenvalue weighted by Gasteiger charge is 2.93. The third-order valence-electron chi connectivity index (χ3n) is 7.69. The van der Waals surface area contributed by atoms with Gasteiger partial charge in [0.15, 0.2) is 17.7 Å². The van der Waals surface area contributed by atoms with Crippen LogP contribution in [-0.2, 0) is 37.7 Å². The lowest BCUT2D eigenvalue weighted by atomic mass is 10.1. The summed E-state index contributed by atoms with van der Waals surface area (Å²) in [7, 11) is -27.1. The topological polar surface area (TPSA) is 483 Å². The summed E-state index contributed by atoms with van der Waals surface area (Å²) in [6.07, 6.45) is -4.55. The molecule has 0 saturated carbocycles. The summed E-state index contributed by atoms with van der Waals surface area (Å²) in [5.41, 5.74) is -1.58. The van der Waals surface area contributed by atoms with Crippen molar-refractivity contribution >= 4 is 47.6 Å². The average molecular weight is 831 g/mol. The van der Waals surface area contributed by atoms with Crippen LogP contribution < -0.4 is 17.0 Å². The first kappa shape index (κ1) is 42.1. The Morgan fingerprint density at radius 1 is 0.904 bits per heavy atom. The van der Waals surface area contributed by atoms with Crippen LogP contribution in [0.3, 0.4) is 0 Å². The fourth-order valence-electron chi connectivity index (χ4n) is 5.57. The highest BCUT2D eigenvalue weighted by atomic mass is 31.2. The first-order valence-electron chi connectivity index (χ1n) is 13.5. The average Bonchev–Trinajstić information content (AvgIpc) is 3.63.